The highest BCUT2D eigenvalue weighted by molar-refractivity contribution is 6.46. The second kappa shape index (κ2) is 8.94. The van der Waals surface area contributed by atoms with E-state index in [2.05, 4.69) is 4.98 Å². The first-order valence-electron chi connectivity index (χ1n) is 10.7. The predicted octanol–water partition coefficient (Wildman–Crippen LogP) is 3.22. The van der Waals surface area contributed by atoms with Crippen molar-refractivity contribution in [2.24, 2.45) is 0 Å². The van der Waals surface area contributed by atoms with E-state index in [4.69, 9.17) is 14.2 Å². The Balaban J connectivity index is 1.62. The van der Waals surface area contributed by atoms with Crippen LogP contribution in [0.5, 0.6) is 11.5 Å². The van der Waals surface area contributed by atoms with E-state index in [9.17, 15) is 19.5 Å². The molecule has 2 aromatic carbocycles. The molecule has 1 atom stereocenters. The Hall–Kier alpha value is -4.66. The van der Waals surface area contributed by atoms with E-state index in [-0.39, 0.29) is 24.7 Å². The van der Waals surface area contributed by atoms with Crippen molar-refractivity contribution in [3.05, 3.63) is 94.8 Å². The van der Waals surface area contributed by atoms with E-state index < -0.39 is 23.7 Å². The number of rotatable bonds is 5. The zero-order valence-corrected chi connectivity index (χ0v) is 18.6. The highest BCUT2D eigenvalue weighted by atomic mass is 16.7. The molecule has 176 valence electrons. The summed E-state index contributed by atoms with van der Waals surface area (Å²) in [6.07, 6.45) is 3.22. The number of aliphatic hydroxyl groups is 1. The lowest BCUT2D eigenvalue weighted by Crippen LogP contribution is -2.29. The van der Waals surface area contributed by atoms with E-state index in [1.165, 1.54) is 12.0 Å². The first kappa shape index (κ1) is 22.1. The summed E-state index contributed by atoms with van der Waals surface area (Å²) in [5.41, 5.74) is 1.82. The summed E-state index contributed by atoms with van der Waals surface area (Å²) in [6, 6.07) is 13.8. The lowest BCUT2D eigenvalue weighted by Gasteiger charge is -2.25. The van der Waals surface area contributed by atoms with Crippen molar-refractivity contribution < 1.29 is 33.7 Å². The fourth-order valence-electron chi connectivity index (χ4n) is 4.20. The lowest BCUT2D eigenvalue weighted by molar-refractivity contribution is -0.140. The number of Topliss-reactive ketones (excluding diaryl/α,β-unsaturated/α-hetero) is 1. The second-order valence-electron chi connectivity index (χ2n) is 7.97. The number of hydrogen-bond donors (Lipinski definition) is 1. The molecule has 9 heteroatoms. The van der Waals surface area contributed by atoms with Gasteiger partial charge in [-0.3, -0.25) is 14.6 Å². The summed E-state index contributed by atoms with van der Waals surface area (Å²) in [5, 5.41) is 11.2. The molecule has 3 aromatic rings. The maximum Gasteiger partial charge on any atom is 0.337 e. The lowest BCUT2D eigenvalue weighted by atomic mass is 9.94. The molecule has 9 nitrogen and oxygen atoms in total. The molecule has 0 bridgehead atoms. The number of amides is 1. The number of aromatic nitrogens is 1. The third-order valence-corrected chi connectivity index (χ3v) is 5.91. The van der Waals surface area contributed by atoms with Crippen molar-refractivity contribution >= 4 is 23.4 Å². The Bertz CT molecular complexity index is 1350. The van der Waals surface area contributed by atoms with Gasteiger partial charge in [0.25, 0.3) is 11.7 Å². The molecular weight excluding hydrogens is 452 g/mol. The van der Waals surface area contributed by atoms with Crippen LogP contribution in [0.25, 0.3) is 5.76 Å². The molecule has 0 spiro atoms. The SMILES string of the molecule is COC(=O)c1ccc(C2C(=C(O)c3ccc4c(c3)OCO4)C(=O)C(=O)N2Cc2cccnc2)cc1. The number of ether oxygens (including phenoxy) is 3. The minimum absolute atomic E-state index is 0.0571. The second-order valence-corrected chi connectivity index (χ2v) is 7.97. The van der Waals surface area contributed by atoms with Crippen LogP contribution in [0.1, 0.15) is 33.1 Å². The number of methoxy groups -OCH3 is 1. The molecule has 0 radical (unpaired) electrons. The molecule has 1 unspecified atom stereocenters. The minimum Gasteiger partial charge on any atom is -0.507 e. The van der Waals surface area contributed by atoms with Gasteiger partial charge in [0.15, 0.2) is 11.5 Å². The Morgan fingerprint density at radius 1 is 1.09 bits per heavy atom. The number of ketones is 1. The van der Waals surface area contributed by atoms with Crippen LogP contribution in [-0.4, -0.2) is 46.6 Å². The van der Waals surface area contributed by atoms with Crippen LogP contribution >= 0.6 is 0 Å². The maximum absolute atomic E-state index is 13.2. The number of aliphatic hydroxyl groups excluding tert-OH is 1. The average molecular weight is 472 g/mol. The molecular formula is C26H20N2O7. The summed E-state index contributed by atoms with van der Waals surface area (Å²) >= 11 is 0. The first-order valence-corrected chi connectivity index (χ1v) is 10.7. The number of hydrogen-bond acceptors (Lipinski definition) is 8. The zero-order chi connectivity index (χ0) is 24.5. The van der Waals surface area contributed by atoms with Crippen LogP contribution < -0.4 is 9.47 Å². The largest absolute Gasteiger partial charge is 0.507 e. The van der Waals surface area contributed by atoms with Gasteiger partial charge in [0.1, 0.15) is 5.76 Å². The Morgan fingerprint density at radius 2 is 1.83 bits per heavy atom. The summed E-state index contributed by atoms with van der Waals surface area (Å²) < 4.78 is 15.5. The fraction of sp³-hybridized carbons (Fsp3) is 0.154. The molecule has 5 rings (SSSR count). The number of esters is 1. The van der Waals surface area contributed by atoms with Crippen molar-refractivity contribution in [2.45, 2.75) is 12.6 Å². The summed E-state index contributed by atoms with van der Waals surface area (Å²) in [7, 11) is 1.28. The predicted molar refractivity (Wildman–Crippen MR) is 122 cm³/mol. The molecule has 0 aliphatic carbocycles. The quantitative estimate of drug-likeness (QED) is 0.261. The van der Waals surface area contributed by atoms with E-state index in [0.717, 1.165) is 0 Å². The highest BCUT2D eigenvalue weighted by Crippen LogP contribution is 2.42. The van der Waals surface area contributed by atoms with Gasteiger partial charge in [-0.1, -0.05) is 18.2 Å². The van der Waals surface area contributed by atoms with E-state index in [1.54, 1.807) is 67.0 Å². The number of fused-ring (bicyclic) bond motifs is 1. The molecule has 3 heterocycles. The van der Waals surface area contributed by atoms with Gasteiger partial charge in [0.2, 0.25) is 6.79 Å². The summed E-state index contributed by atoms with van der Waals surface area (Å²) in [5.74, 6) is -1.46. The monoisotopic (exact) mass is 472 g/mol. The molecule has 35 heavy (non-hydrogen) atoms. The first-order chi connectivity index (χ1) is 17.0. The van der Waals surface area contributed by atoms with Gasteiger partial charge in [-0.15, -0.1) is 0 Å². The molecule has 1 aromatic heterocycles. The third kappa shape index (κ3) is 3.97. The van der Waals surface area contributed by atoms with Crippen molar-refractivity contribution in [3.63, 3.8) is 0 Å². The average Bonchev–Trinajstić information content (AvgIpc) is 3.46. The molecule has 2 aliphatic rings. The fourth-order valence-corrected chi connectivity index (χ4v) is 4.20. The Kier molecular flexibility index (Phi) is 5.66. The highest BCUT2D eigenvalue weighted by Gasteiger charge is 2.46. The maximum atomic E-state index is 13.2. The molecule has 0 saturated carbocycles. The van der Waals surface area contributed by atoms with Crippen LogP contribution in [0.2, 0.25) is 0 Å². The van der Waals surface area contributed by atoms with Crippen LogP contribution in [0, 0.1) is 0 Å². The molecule has 1 N–H and O–H groups in total. The molecule has 2 aliphatic heterocycles. The molecule has 1 fully saturated rings. The van der Waals surface area contributed by atoms with Gasteiger partial charge >= 0.3 is 5.97 Å². The van der Waals surface area contributed by atoms with E-state index in [0.29, 0.717) is 33.8 Å². The van der Waals surface area contributed by atoms with Crippen molar-refractivity contribution in [1.82, 2.24) is 9.88 Å². The van der Waals surface area contributed by atoms with Crippen LogP contribution in [0.4, 0.5) is 0 Å². The zero-order valence-electron chi connectivity index (χ0n) is 18.6. The smallest absolute Gasteiger partial charge is 0.337 e. The van der Waals surface area contributed by atoms with Crippen molar-refractivity contribution in [1.29, 1.82) is 0 Å². The van der Waals surface area contributed by atoms with Gasteiger partial charge in [0, 0.05) is 24.5 Å². The van der Waals surface area contributed by atoms with Crippen LogP contribution in [0.3, 0.4) is 0 Å². The molecule has 1 amide bonds. The standard InChI is InChI=1S/C26H20N2O7/c1-33-26(32)17-6-4-16(5-7-17)22-21(23(29)18-8-9-19-20(11-18)35-14-34-19)24(30)25(31)28(22)13-15-3-2-10-27-12-15/h2-12,22,29H,13-14H2,1H3. The molecule has 1 saturated heterocycles. The number of nitrogens with zero attached hydrogens (tertiary/aromatic N) is 2. The van der Waals surface area contributed by atoms with Gasteiger partial charge in [0.05, 0.1) is 24.3 Å². The number of carbonyl (C=O) groups is 3. The normalized spacial score (nSPS) is 18.1. The number of benzene rings is 2. The van der Waals surface area contributed by atoms with Gasteiger partial charge in [-0.25, -0.2) is 4.79 Å². The summed E-state index contributed by atoms with van der Waals surface area (Å²) in [4.78, 5) is 43.7. The van der Waals surface area contributed by atoms with Crippen LogP contribution in [-0.2, 0) is 20.9 Å². The minimum atomic E-state index is -0.896. The Labute approximate surface area is 200 Å². The van der Waals surface area contributed by atoms with Crippen LogP contribution in [0.15, 0.2) is 72.6 Å². The number of likely N-dealkylation sites (tertiary alicyclic amines) is 1. The van der Waals surface area contributed by atoms with Crippen molar-refractivity contribution in [2.75, 3.05) is 13.9 Å². The van der Waals surface area contributed by atoms with E-state index >= 15 is 0 Å². The Morgan fingerprint density at radius 3 is 2.54 bits per heavy atom. The van der Waals surface area contributed by atoms with Gasteiger partial charge < -0.3 is 24.2 Å². The van der Waals surface area contributed by atoms with Gasteiger partial charge in [-0.2, -0.15) is 0 Å². The topological polar surface area (TPSA) is 115 Å². The third-order valence-electron chi connectivity index (χ3n) is 5.91. The van der Waals surface area contributed by atoms with E-state index in [1.807, 2.05) is 0 Å². The number of carbonyl (C=O) groups excluding carboxylic acids is 3. The van der Waals surface area contributed by atoms with Gasteiger partial charge in [-0.05, 0) is 47.5 Å². The van der Waals surface area contributed by atoms with Crippen molar-refractivity contribution in [3.8, 4) is 11.5 Å². The summed E-state index contributed by atoms with van der Waals surface area (Å²) in [6.45, 7) is 0.154. The number of pyridine rings is 1.